The topological polar surface area (TPSA) is 58.2 Å². The SMILES string of the molecule is CNS(=O)(=O)c1ccc(NCC(C)CSC)cc1. The molecule has 6 heteroatoms. The molecule has 0 aromatic heterocycles. The highest BCUT2D eigenvalue weighted by Gasteiger charge is 2.10. The molecule has 0 aliphatic rings. The van der Waals surface area contributed by atoms with E-state index in [9.17, 15) is 8.42 Å². The molecule has 0 fully saturated rings. The van der Waals surface area contributed by atoms with Crippen LogP contribution in [0.2, 0.25) is 0 Å². The van der Waals surface area contributed by atoms with Gasteiger partial charge in [-0.1, -0.05) is 6.92 Å². The van der Waals surface area contributed by atoms with Gasteiger partial charge in [0.15, 0.2) is 0 Å². The predicted molar refractivity (Wildman–Crippen MR) is 78.7 cm³/mol. The molecule has 2 N–H and O–H groups in total. The maximum Gasteiger partial charge on any atom is 0.240 e. The number of thioether (sulfide) groups is 1. The molecule has 0 spiro atoms. The fourth-order valence-electron chi connectivity index (χ4n) is 1.51. The van der Waals surface area contributed by atoms with Crippen molar-refractivity contribution in [2.45, 2.75) is 11.8 Å². The molecule has 0 bridgehead atoms. The van der Waals surface area contributed by atoms with Crippen LogP contribution in [0.15, 0.2) is 29.2 Å². The Labute approximate surface area is 114 Å². The summed E-state index contributed by atoms with van der Waals surface area (Å²) in [6.07, 6.45) is 2.09. The average molecular weight is 288 g/mol. The van der Waals surface area contributed by atoms with Crippen molar-refractivity contribution >= 4 is 27.5 Å². The monoisotopic (exact) mass is 288 g/mol. The number of hydrogen-bond donors (Lipinski definition) is 2. The van der Waals surface area contributed by atoms with Crippen LogP contribution < -0.4 is 10.0 Å². The van der Waals surface area contributed by atoms with Crippen molar-refractivity contribution in [1.82, 2.24) is 4.72 Å². The van der Waals surface area contributed by atoms with Crippen LogP contribution in [0.1, 0.15) is 6.92 Å². The van der Waals surface area contributed by atoms with Crippen LogP contribution in [0.25, 0.3) is 0 Å². The Bertz CT molecular complexity index is 457. The van der Waals surface area contributed by atoms with E-state index in [-0.39, 0.29) is 4.90 Å². The second kappa shape index (κ2) is 7.01. The summed E-state index contributed by atoms with van der Waals surface area (Å²) < 4.78 is 25.4. The van der Waals surface area contributed by atoms with E-state index in [1.807, 2.05) is 11.8 Å². The molecule has 0 heterocycles. The summed E-state index contributed by atoms with van der Waals surface area (Å²) in [5.74, 6) is 1.69. The molecule has 0 saturated carbocycles. The molecular formula is C12H20N2O2S2. The summed E-state index contributed by atoms with van der Waals surface area (Å²) in [6.45, 7) is 3.07. The molecule has 1 unspecified atom stereocenters. The lowest BCUT2D eigenvalue weighted by Crippen LogP contribution is -2.18. The Kier molecular flexibility index (Phi) is 5.98. The molecule has 0 radical (unpaired) electrons. The van der Waals surface area contributed by atoms with Gasteiger partial charge in [-0.15, -0.1) is 0 Å². The molecular weight excluding hydrogens is 268 g/mol. The van der Waals surface area contributed by atoms with Gasteiger partial charge >= 0.3 is 0 Å². The lowest BCUT2D eigenvalue weighted by molar-refractivity contribution is 0.588. The van der Waals surface area contributed by atoms with Crippen LogP contribution >= 0.6 is 11.8 Å². The van der Waals surface area contributed by atoms with Crippen LogP contribution in [-0.2, 0) is 10.0 Å². The van der Waals surface area contributed by atoms with Gasteiger partial charge in [0.05, 0.1) is 4.90 Å². The number of hydrogen-bond acceptors (Lipinski definition) is 4. The molecule has 0 amide bonds. The number of nitrogens with one attached hydrogen (secondary N) is 2. The maximum absolute atomic E-state index is 11.5. The number of anilines is 1. The largest absolute Gasteiger partial charge is 0.385 e. The van der Waals surface area contributed by atoms with Crippen molar-refractivity contribution in [3.8, 4) is 0 Å². The molecule has 0 saturated heterocycles. The number of sulfonamides is 1. The van der Waals surface area contributed by atoms with E-state index in [1.54, 1.807) is 24.3 Å². The van der Waals surface area contributed by atoms with Crippen molar-refractivity contribution in [2.75, 3.05) is 30.9 Å². The van der Waals surface area contributed by atoms with Gasteiger partial charge in [-0.3, -0.25) is 0 Å². The second-order valence-corrected chi connectivity index (χ2v) is 6.97. The van der Waals surface area contributed by atoms with Gasteiger partial charge in [0.1, 0.15) is 0 Å². The first-order valence-corrected chi connectivity index (χ1v) is 8.63. The molecule has 1 aromatic carbocycles. The van der Waals surface area contributed by atoms with E-state index in [0.29, 0.717) is 5.92 Å². The first-order valence-electron chi connectivity index (χ1n) is 5.76. The van der Waals surface area contributed by atoms with E-state index in [1.165, 1.54) is 7.05 Å². The third-order valence-electron chi connectivity index (χ3n) is 2.54. The van der Waals surface area contributed by atoms with Gasteiger partial charge in [0, 0.05) is 12.2 Å². The van der Waals surface area contributed by atoms with Gasteiger partial charge < -0.3 is 5.32 Å². The smallest absolute Gasteiger partial charge is 0.240 e. The zero-order valence-electron chi connectivity index (χ0n) is 10.9. The lowest BCUT2D eigenvalue weighted by Gasteiger charge is -2.12. The van der Waals surface area contributed by atoms with Crippen molar-refractivity contribution < 1.29 is 8.42 Å². The molecule has 102 valence electrons. The Hall–Kier alpha value is -0.720. The zero-order valence-corrected chi connectivity index (χ0v) is 12.6. The Morgan fingerprint density at radius 3 is 2.39 bits per heavy atom. The molecule has 0 aliphatic carbocycles. The zero-order chi connectivity index (χ0) is 13.6. The van der Waals surface area contributed by atoms with Crippen molar-refractivity contribution in [1.29, 1.82) is 0 Å². The van der Waals surface area contributed by atoms with Crippen molar-refractivity contribution in [2.24, 2.45) is 5.92 Å². The van der Waals surface area contributed by atoms with Crippen molar-refractivity contribution in [3.63, 3.8) is 0 Å². The third kappa shape index (κ3) is 4.51. The van der Waals surface area contributed by atoms with Crippen molar-refractivity contribution in [3.05, 3.63) is 24.3 Å². The fraction of sp³-hybridized carbons (Fsp3) is 0.500. The highest BCUT2D eigenvalue weighted by molar-refractivity contribution is 7.98. The van der Waals surface area contributed by atoms with Gasteiger partial charge in [-0.25, -0.2) is 13.1 Å². The average Bonchev–Trinajstić information content (AvgIpc) is 2.37. The second-order valence-electron chi connectivity index (χ2n) is 4.17. The summed E-state index contributed by atoms with van der Waals surface area (Å²) in [7, 11) is -1.93. The first-order chi connectivity index (χ1) is 8.49. The third-order valence-corrected chi connectivity index (χ3v) is 4.87. The Morgan fingerprint density at radius 2 is 1.89 bits per heavy atom. The molecule has 1 atom stereocenters. The normalized spacial score (nSPS) is 13.3. The van der Waals surface area contributed by atoms with Crippen LogP contribution in [0.3, 0.4) is 0 Å². The van der Waals surface area contributed by atoms with Crippen LogP contribution in [0, 0.1) is 5.92 Å². The molecule has 18 heavy (non-hydrogen) atoms. The van der Waals surface area contributed by atoms with Gasteiger partial charge in [0.2, 0.25) is 10.0 Å². The summed E-state index contributed by atoms with van der Waals surface area (Å²) in [6, 6.07) is 6.78. The molecule has 0 aliphatic heterocycles. The molecule has 1 rings (SSSR count). The summed E-state index contributed by atoms with van der Waals surface area (Å²) in [5.41, 5.74) is 0.943. The minimum absolute atomic E-state index is 0.285. The molecule has 1 aromatic rings. The Morgan fingerprint density at radius 1 is 1.28 bits per heavy atom. The highest BCUT2D eigenvalue weighted by atomic mass is 32.2. The quantitative estimate of drug-likeness (QED) is 0.806. The van der Waals surface area contributed by atoms with Gasteiger partial charge in [-0.2, -0.15) is 11.8 Å². The Balaban J connectivity index is 2.61. The number of benzene rings is 1. The van der Waals surface area contributed by atoms with E-state index >= 15 is 0 Å². The maximum atomic E-state index is 11.5. The summed E-state index contributed by atoms with van der Waals surface area (Å²) >= 11 is 1.83. The van der Waals surface area contributed by atoms with Crippen LogP contribution in [0.5, 0.6) is 0 Å². The minimum Gasteiger partial charge on any atom is -0.385 e. The van der Waals surface area contributed by atoms with Gasteiger partial charge in [-0.05, 0) is 49.2 Å². The highest BCUT2D eigenvalue weighted by Crippen LogP contribution is 2.14. The lowest BCUT2D eigenvalue weighted by atomic mass is 10.2. The van der Waals surface area contributed by atoms with E-state index < -0.39 is 10.0 Å². The number of rotatable bonds is 7. The van der Waals surface area contributed by atoms with Crippen LogP contribution in [-0.4, -0.2) is 34.0 Å². The van der Waals surface area contributed by atoms with E-state index in [2.05, 4.69) is 23.2 Å². The predicted octanol–water partition coefficient (Wildman–Crippen LogP) is 2.01. The summed E-state index contributed by atoms with van der Waals surface area (Å²) in [4.78, 5) is 0.285. The minimum atomic E-state index is -3.34. The van der Waals surface area contributed by atoms with E-state index in [4.69, 9.17) is 0 Å². The van der Waals surface area contributed by atoms with Crippen LogP contribution in [0.4, 0.5) is 5.69 Å². The molecule has 4 nitrogen and oxygen atoms in total. The fourth-order valence-corrected chi connectivity index (χ4v) is 2.92. The standard InChI is InChI=1S/C12H20N2O2S2/c1-10(9-17-3)8-14-11-4-6-12(7-5-11)18(15,16)13-2/h4-7,10,13-14H,8-9H2,1-3H3. The first kappa shape index (κ1) is 15.3. The van der Waals surface area contributed by atoms with E-state index in [0.717, 1.165) is 18.0 Å². The van der Waals surface area contributed by atoms with Gasteiger partial charge in [0.25, 0.3) is 0 Å². The summed E-state index contributed by atoms with van der Waals surface area (Å²) in [5, 5.41) is 3.30.